The van der Waals surface area contributed by atoms with E-state index in [2.05, 4.69) is 72.5 Å². The number of fused-ring (bicyclic) bond motifs is 4. The van der Waals surface area contributed by atoms with Crippen molar-refractivity contribution in [2.24, 2.45) is 11.1 Å². The molecule has 20 nitrogen and oxygen atoms in total. The lowest BCUT2D eigenvalue weighted by molar-refractivity contribution is -0.121. The first kappa shape index (κ1) is 53.7. The van der Waals surface area contributed by atoms with Gasteiger partial charge in [-0.1, -0.05) is 13.8 Å². The Morgan fingerprint density at radius 1 is 0.863 bits per heavy atom. The highest BCUT2D eigenvalue weighted by atomic mass is 16.5. The summed E-state index contributed by atoms with van der Waals surface area (Å²) in [5.74, 6) is -0.597. The number of hydrogen-bond donors (Lipinski definition) is 4. The number of methoxy groups -OCH3 is 1. The van der Waals surface area contributed by atoms with E-state index in [1.165, 1.54) is 29.3 Å². The third-order valence-corrected chi connectivity index (χ3v) is 16.4. The molecule has 3 atom stereocenters. The summed E-state index contributed by atoms with van der Waals surface area (Å²) in [7, 11) is 1.50. The van der Waals surface area contributed by atoms with Crippen molar-refractivity contribution in [3.05, 3.63) is 130 Å². The molecule has 2 aromatic carbocycles. The number of hydrogen-bond acceptors (Lipinski definition) is 16. The lowest BCUT2D eigenvalue weighted by Gasteiger charge is -2.48. The Bertz CT molecular complexity index is 3510. The number of imide groups is 2. The Hall–Kier alpha value is -8.33. The van der Waals surface area contributed by atoms with Gasteiger partial charge in [0.15, 0.2) is 5.82 Å². The van der Waals surface area contributed by atoms with Crippen LogP contribution in [0.2, 0.25) is 0 Å². The average Bonchev–Trinajstić information content (AvgIpc) is 3.99. The molecule has 0 spiro atoms. The van der Waals surface area contributed by atoms with Crippen LogP contribution in [-0.2, 0) is 41.1 Å². The van der Waals surface area contributed by atoms with Gasteiger partial charge in [0.25, 0.3) is 23.6 Å². The lowest BCUT2D eigenvalue weighted by Crippen LogP contribution is -2.58. The largest absolute Gasteiger partial charge is 0.478 e. The van der Waals surface area contributed by atoms with Gasteiger partial charge >= 0.3 is 0 Å². The second-order valence-electron chi connectivity index (χ2n) is 23.0. The third-order valence-electron chi connectivity index (χ3n) is 16.4. The molecule has 80 heavy (non-hydrogen) atoms. The highest BCUT2D eigenvalue weighted by Crippen LogP contribution is 2.42. The van der Waals surface area contributed by atoms with Crippen LogP contribution < -0.4 is 40.7 Å². The number of amides is 5. The van der Waals surface area contributed by atoms with Gasteiger partial charge in [-0.05, 0) is 131 Å². The molecule has 4 aromatic heterocycles. The molecule has 8 heterocycles. The number of nitrogens with two attached hydrogens (primary N) is 1. The molecule has 2 saturated heterocycles. The molecule has 414 valence electrons. The van der Waals surface area contributed by atoms with Crippen molar-refractivity contribution >= 4 is 70.5 Å². The Kier molecular flexibility index (Phi) is 14.1. The zero-order valence-electron chi connectivity index (χ0n) is 46.2. The Labute approximate surface area is 464 Å². The van der Waals surface area contributed by atoms with Crippen LogP contribution in [0.4, 0.5) is 34.4 Å². The molecule has 0 saturated carbocycles. The Morgan fingerprint density at radius 3 is 2.41 bits per heavy atom. The normalized spacial score (nSPS) is 20.1. The fourth-order valence-electron chi connectivity index (χ4n) is 12.5. The number of carbonyl (C=O) groups excluding carboxylic acids is 5. The minimum Gasteiger partial charge on any atom is -0.478 e. The molecular formula is C60H67N13O7. The fourth-order valence-corrected chi connectivity index (χ4v) is 12.5. The first-order chi connectivity index (χ1) is 38.3. The van der Waals surface area contributed by atoms with Crippen LogP contribution in [0.3, 0.4) is 0 Å². The van der Waals surface area contributed by atoms with E-state index < -0.39 is 18.1 Å². The highest BCUT2D eigenvalue weighted by Gasteiger charge is 2.41. The molecule has 5 N–H and O–H groups in total. The summed E-state index contributed by atoms with van der Waals surface area (Å²) < 4.78 is 7.83. The van der Waals surface area contributed by atoms with Crippen LogP contribution in [0.1, 0.15) is 114 Å². The topological polar surface area (TPSA) is 238 Å². The van der Waals surface area contributed by atoms with E-state index in [9.17, 15) is 29.1 Å². The molecular weight excluding hydrogens is 1010 g/mol. The van der Waals surface area contributed by atoms with Gasteiger partial charge in [-0.15, -0.1) is 0 Å². The summed E-state index contributed by atoms with van der Waals surface area (Å²) >= 11 is 0. The molecule has 0 bridgehead atoms. The summed E-state index contributed by atoms with van der Waals surface area (Å²) in [4.78, 5) is 94.1. The van der Waals surface area contributed by atoms with Crippen LogP contribution in [0.15, 0.2) is 85.3 Å². The van der Waals surface area contributed by atoms with Gasteiger partial charge in [0, 0.05) is 115 Å². The zero-order chi connectivity index (χ0) is 56.4. The molecule has 11 rings (SSSR count). The van der Waals surface area contributed by atoms with Gasteiger partial charge in [-0.25, -0.2) is 19.9 Å². The highest BCUT2D eigenvalue weighted by molar-refractivity contribution is 6.34. The van der Waals surface area contributed by atoms with E-state index in [-0.39, 0.29) is 41.1 Å². The number of nitrogens with one attached hydrogen (secondary N) is 2. The van der Waals surface area contributed by atoms with Gasteiger partial charge in [0.2, 0.25) is 12.3 Å². The molecule has 1 unspecified atom stereocenters. The van der Waals surface area contributed by atoms with Crippen LogP contribution >= 0.6 is 0 Å². The summed E-state index contributed by atoms with van der Waals surface area (Å²) in [5, 5.41) is 16.5. The standard InChI is InChI=1S/C60H67N13O7/c1-35-24-40(16-19-69(35)41-10-11-44-45(27-41)57(78)73(56(44)77)42-14-17-62-51(28-42)60(5,6)61)68-20-21-70(36(2)32-68)48-12-9-39(25-37(48)8-13-52(76)65-34-75)66-53-55(80-7)64-31-47(67-53)43-15-18-63-54(46(43)33-74)72-23-22-71-49(58(72)79)26-38-29-59(3,4)30-50(38)71/h8-15,17-18,25-28,31,34-36,40,74H,16,19-24,29-30,32-33,61H2,1-7H3,(H,66,67)(H,65,75,76)/t35-,36-,40?/m0/s1. The number of ether oxygens (including phenoxy) is 1. The smallest absolute Gasteiger partial charge is 0.276 e. The van der Waals surface area contributed by atoms with Crippen molar-refractivity contribution in [2.75, 3.05) is 64.8 Å². The number of piperidine rings is 1. The van der Waals surface area contributed by atoms with Crippen LogP contribution in [-0.4, -0.2) is 123 Å². The number of piperazine rings is 1. The first-order valence-electron chi connectivity index (χ1n) is 27.3. The van der Waals surface area contributed by atoms with Crippen molar-refractivity contribution in [1.82, 2.24) is 34.7 Å². The van der Waals surface area contributed by atoms with E-state index in [4.69, 9.17) is 15.5 Å². The Balaban J connectivity index is 0.785. The van der Waals surface area contributed by atoms with Gasteiger partial charge in [-0.2, -0.15) is 0 Å². The molecule has 4 aliphatic heterocycles. The van der Waals surface area contributed by atoms with Crippen LogP contribution in [0.25, 0.3) is 17.3 Å². The van der Waals surface area contributed by atoms with Gasteiger partial charge < -0.3 is 35.3 Å². The van der Waals surface area contributed by atoms with E-state index in [0.717, 1.165) is 62.3 Å². The zero-order valence-corrected chi connectivity index (χ0v) is 46.2. The van der Waals surface area contributed by atoms with Crippen molar-refractivity contribution in [1.29, 1.82) is 0 Å². The molecule has 20 heteroatoms. The van der Waals surface area contributed by atoms with Crippen LogP contribution in [0, 0.1) is 5.41 Å². The minimum atomic E-state index is -0.750. The quantitative estimate of drug-likeness (QED) is 0.0510. The van der Waals surface area contributed by atoms with Crippen LogP contribution in [0.5, 0.6) is 5.88 Å². The SMILES string of the molecule is COc1ncc(-c2ccnc(N3CCn4c(cc5c4CC(C)(C)C5)C3=O)c2CO)nc1Nc1ccc(N2CCN(C3CCN(c4ccc5c(c4)C(=O)N(c4ccnc(C(C)(C)N)c4)C5=O)[C@@H](C)C3)C[C@@H]2C)c(C=CC(=O)NC=O)c1. The van der Waals surface area contributed by atoms with Gasteiger partial charge in [0.05, 0.1) is 53.7 Å². The number of rotatable bonds is 14. The van der Waals surface area contributed by atoms with E-state index >= 15 is 0 Å². The second-order valence-corrected chi connectivity index (χ2v) is 23.0. The number of pyridine rings is 2. The molecule has 0 radical (unpaired) electrons. The predicted molar refractivity (Wildman–Crippen MR) is 305 cm³/mol. The number of aromatic nitrogens is 5. The van der Waals surface area contributed by atoms with E-state index in [1.807, 2.05) is 50.2 Å². The molecule has 6 aromatic rings. The number of anilines is 6. The summed E-state index contributed by atoms with van der Waals surface area (Å²) in [5.41, 5.74) is 15.1. The molecule has 2 fully saturated rings. The van der Waals surface area contributed by atoms with Gasteiger partial charge in [-0.3, -0.25) is 44.1 Å². The average molecular weight is 1080 g/mol. The fraction of sp³-hybridized carbons (Fsp3) is 0.383. The first-order valence-corrected chi connectivity index (χ1v) is 27.3. The summed E-state index contributed by atoms with van der Waals surface area (Å²) in [6, 6.07) is 19.1. The van der Waals surface area contributed by atoms with Crippen molar-refractivity contribution in [2.45, 2.75) is 104 Å². The number of aliphatic hydroxyl groups is 1. The minimum absolute atomic E-state index is 0.0787. The maximum Gasteiger partial charge on any atom is 0.276 e. The maximum atomic E-state index is 14.1. The third kappa shape index (κ3) is 9.95. The second kappa shape index (κ2) is 21.0. The summed E-state index contributed by atoms with van der Waals surface area (Å²) in [6.07, 6.45) is 11.8. The van der Waals surface area contributed by atoms with Crippen molar-refractivity contribution < 1.29 is 33.8 Å². The summed E-state index contributed by atoms with van der Waals surface area (Å²) in [6.45, 7) is 16.2. The van der Waals surface area contributed by atoms with Crippen molar-refractivity contribution in [3.8, 4) is 17.1 Å². The Morgan fingerprint density at radius 2 is 1.66 bits per heavy atom. The van der Waals surface area contributed by atoms with Gasteiger partial charge in [0.1, 0.15) is 11.5 Å². The van der Waals surface area contributed by atoms with E-state index in [1.54, 1.807) is 53.8 Å². The number of nitrogens with zero attached hydrogens (tertiary/aromatic N) is 10. The maximum absolute atomic E-state index is 14.1. The lowest BCUT2D eigenvalue weighted by atomic mass is 9.90. The monoisotopic (exact) mass is 1080 g/mol. The molecule has 5 amide bonds. The number of aliphatic hydroxyl groups excluding tert-OH is 1. The number of carbonyl (C=O) groups is 5. The molecule has 5 aliphatic rings. The van der Waals surface area contributed by atoms with E-state index in [0.29, 0.717) is 94.4 Å². The molecule has 1 aliphatic carbocycles. The predicted octanol–water partition coefficient (Wildman–Crippen LogP) is 6.61. The van der Waals surface area contributed by atoms with Crippen molar-refractivity contribution in [3.63, 3.8) is 0 Å². The number of benzene rings is 2.